The number of nitrogens with zero attached hydrogens (tertiary/aromatic N) is 2. The maximum absolute atomic E-state index is 8.99. The first-order chi connectivity index (χ1) is 8.79. The van der Waals surface area contributed by atoms with Gasteiger partial charge in [0.05, 0.1) is 17.2 Å². The van der Waals surface area contributed by atoms with E-state index >= 15 is 0 Å². The van der Waals surface area contributed by atoms with Crippen molar-refractivity contribution in [1.82, 2.24) is 4.98 Å². The van der Waals surface area contributed by atoms with Gasteiger partial charge in [-0.15, -0.1) is 11.3 Å². The zero-order chi connectivity index (χ0) is 12.8. The Morgan fingerprint density at radius 3 is 2.67 bits per heavy atom. The zero-order valence-corrected chi connectivity index (χ0v) is 11.4. The molecule has 2 aromatic rings. The lowest BCUT2D eigenvalue weighted by molar-refractivity contribution is 0.289. The fourth-order valence-corrected chi connectivity index (χ4v) is 2.48. The number of anilines is 1. The van der Waals surface area contributed by atoms with Crippen molar-refractivity contribution in [2.24, 2.45) is 0 Å². The van der Waals surface area contributed by atoms with Crippen molar-refractivity contribution in [3.8, 4) is 0 Å². The average molecular weight is 262 g/mol. The first kappa shape index (κ1) is 13.1. The molecular formula is C14H18N2OS. The standard InChI is InChI=1S/C14H18N2OS/c1-12-15-13(11-18-12)10-16(8-5-9-17)14-6-3-2-4-7-14/h2-4,6-7,11,17H,5,8-10H2,1H3. The fourth-order valence-electron chi connectivity index (χ4n) is 1.88. The van der Waals surface area contributed by atoms with E-state index in [1.807, 2.05) is 25.1 Å². The van der Waals surface area contributed by atoms with Gasteiger partial charge in [0.2, 0.25) is 0 Å². The number of aromatic nitrogens is 1. The molecule has 96 valence electrons. The summed E-state index contributed by atoms with van der Waals surface area (Å²) >= 11 is 1.68. The maximum atomic E-state index is 8.99. The Hall–Kier alpha value is -1.39. The van der Waals surface area contributed by atoms with Crippen LogP contribution in [0.4, 0.5) is 5.69 Å². The number of benzene rings is 1. The predicted molar refractivity (Wildman–Crippen MR) is 76.0 cm³/mol. The van der Waals surface area contributed by atoms with Crippen molar-refractivity contribution in [1.29, 1.82) is 0 Å². The summed E-state index contributed by atoms with van der Waals surface area (Å²) in [7, 11) is 0. The molecule has 0 unspecified atom stereocenters. The third-order valence-electron chi connectivity index (χ3n) is 2.73. The number of hydrogen-bond acceptors (Lipinski definition) is 4. The van der Waals surface area contributed by atoms with E-state index in [2.05, 4.69) is 27.4 Å². The van der Waals surface area contributed by atoms with Crippen LogP contribution >= 0.6 is 11.3 Å². The molecule has 0 aliphatic carbocycles. The van der Waals surface area contributed by atoms with E-state index in [1.54, 1.807) is 11.3 Å². The van der Waals surface area contributed by atoms with Crippen LogP contribution in [-0.2, 0) is 6.54 Å². The number of hydrogen-bond donors (Lipinski definition) is 1. The smallest absolute Gasteiger partial charge is 0.0898 e. The van der Waals surface area contributed by atoms with Gasteiger partial charge < -0.3 is 10.0 Å². The maximum Gasteiger partial charge on any atom is 0.0898 e. The highest BCUT2D eigenvalue weighted by molar-refractivity contribution is 7.09. The minimum absolute atomic E-state index is 0.222. The summed E-state index contributed by atoms with van der Waals surface area (Å²) in [4.78, 5) is 6.75. The lowest BCUT2D eigenvalue weighted by Crippen LogP contribution is -2.24. The first-order valence-corrected chi connectivity index (χ1v) is 6.99. The van der Waals surface area contributed by atoms with E-state index in [0.717, 1.165) is 30.2 Å². The molecule has 1 heterocycles. The van der Waals surface area contributed by atoms with Crippen molar-refractivity contribution in [3.63, 3.8) is 0 Å². The molecule has 0 saturated heterocycles. The molecule has 0 bridgehead atoms. The minimum Gasteiger partial charge on any atom is -0.396 e. The molecular weight excluding hydrogens is 244 g/mol. The summed E-state index contributed by atoms with van der Waals surface area (Å²) in [6, 6.07) is 10.3. The van der Waals surface area contributed by atoms with Crippen LogP contribution in [0.5, 0.6) is 0 Å². The van der Waals surface area contributed by atoms with E-state index < -0.39 is 0 Å². The number of aliphatic hydroxyl groups is 1. The van der Waals surface area contributed by atoms with Crippen LogP contribution in [0.25, 0.3) is 0 Å². The number of aryl methyl sites for hydroxylation is 1. The van der Waals surface area contributed by atoms with Crippen molar-refractivity contribution in [2.75, 3.05) is 18.1 Å². The lowest BCUT2D eigenvalue weighted by atomic mass is 10.2. The number of thiazole rings is 1. The summed E-state index contributed by atoms with van der Waals surface area (Å²) in [6.45, 7) is 3.89. The quantitative estimate of drug-likeness (QED) is 0.869. The highest BCUT2D eigenvalue weighted by Gasteiger charge is 2.08. The van der Waals surface area contributed by atoms with Crippen molar-refractivity contribution < 1.29 is 5.11 Å². The first-order valence-electron chi connectivity index (χ1n) is 6.11. The average Bonchev–Trinajstić information content (AvgIpc) is 2.81. The molecule has 0 aliphatic rings. The van der Waals surface area contributed by atoms with Crippen LogP contribution in [0.15, 0.2) is 35.7 Å². The number of para-hydroxylation sites is 1. The highest BCUT2D eigenvalue weighted by atomic mass is 32.1. The second-order valence-electron chi connectivity index (χ2n) is 4.19. The molecule has 0 saturated carbocycles. The molecule has 0 aliphatic heterocycles. The van der Waals surface area contributed by atoms with Gasteiger partial charge in [-0.05, 0) is 25.5 Å². The Morgan fingerprint density at radius 1 is 1.28 bits per heavy atom. The van der Waals surface area contributed by atoms with Gasteiger partial charge in [0.1, 0.15) is 0 Å². The summed E-state index contributed by atoms with van der Waals surface area (Å²) in [5.74, 6) is 0. The molecule has 1 aromatic heterocycles. The Bertz CT molecular complexity index is 470. The molecule has 2 rings (SSSR count). The minimum atomic E-state index is 0.222. The normalized spacial score (nSPS) is 10.6. The van der Waals surface area contributed by atoms with Gasteiger partial charge in [0.15, 0.2) is 0 Å². The summed E-state index contributed by atoms with van der Waals surface area (Å²) in [6.07, 6.45) is 0.776. The monoisotopic (exact) mass is 262 g/mol. The van der Waals surface area contributed by atoms with Gasteiger partial charge in [-0.3, -0.25) is 0 Å². The van der Waals surface area contributed by atoms with Gasteiger partial charge in [-0.25, -0.2) is 4.98 Å². The highest BCUT2D eigenvalue weighted by Crippen LogP contribution is 2.18. The van der Waals surface area contributed by atoms with Crippen molar-refractivity contribution in [3.05, 3.63) is 46.4 Å². The fraction of sp³-hybridized carbons (Fsp3) is 0.357. The second-order valence-corrected chi connectivity index (χ2v) is 5.25. The van der Waals surface area contributed by atoms with Gasteiger partial charge in [-0.1, -0.05) is 18.2 Å². The van der Waals surface area contributed by atoms with Gasteiger partial charge in [0.25, 0.3) is 0 Å². The van der Waals surface area contributed by atoms with E-state index in [1.165, 1.54) is 5.69 Å². The third kappa shape index (κ3) is 3.55. The summed E-state index contributed by atoms with van der Waals surface area (Å²) in [5.41, 5.74) is 2.27. The van der Waals surface area contributed by atoms with E-state index in [-0.39, 0.29) is 6.61 Å². The molecule has 0 atom stereocenters. The Balaban J connectivity index is 2.10. The van der Waals surface area contributed by atoms with Crippen LogP contribution in [0.1, 0.15) is 17.1 Å². The lowest BCUT2D eigenvalue weighted by Gasteiger charge is -2.23. The van der Waals surface area contributed by atoms with Crippen LogP contribution in [-0.4, -0.2) is 23.2 Å². The Kier molecular flexibility index (Phi) is 4.73. The van der Waals surface area contributed by atoms with Crippen molar-refractivity contribution in [2.45, 2.75) is 19.9 Å². The van der Waals surface area contributed by atoms with E-state index in [4.69, 9.17) is 5.11 Å². The summed E-state index contributed by atoms with van der Waals surface area (Å²) in [5, 5.41) is 12.2. The molecule has 1 N–H and O–H groups in total. The van der Waals surface area contributed by atoms with Gasteiger partial charge in [0, 0.05) is 24.2 Å². The Morgan fingerprint density at radius 2 is 2.06 bits per heavy atom. The zero-order valence-electron chi connectivity index (χ0n) is 10.5. The van der Waals surface area contributed by atoms with E-state index in [0.29, 0.717) is 0 Å². The van der Waals surface area contributed by atoms with E-state index in [9.17, 15) is 0 Å². The largest absolute Gasteiger partial charge is 0.396 e. The van der Waals surface area contributed by atoms with Crippen LogP contribution in [0.2, 0.25) is 0 Å². The molecule has 0 radical (unpaired) electrons. The van der Waals surface area contributed by atoms with Gasteiger partial charge in [-0.2, -0.15) is 0 Å². The number of aliphatic hydroxyl groups excluding tert-OH is 1. The van der Waals surface area contributed by atoms with Crippen LogP contribution in [0, 0.1) is 6.92 Å². The second kappa shape index (κ2) is 6.52. The predicted octanol–water partition coefficient (Wildman–Crippen LogP) is 2.84. The molecule has 3 nitrogen and oxygen atoms in total. The SMILES string of the molecule is Cc1nc(CN(CCCO)c2ccccc2)cs1. The van der Waals surface area contributed by atoms with Crippen molar-refractivity contribution >= 4 is 17.0 Å². The topological polar surface area (TPSA) is 36.4 Å². The molecule has 1 aromatic carbocycles. The third-order valence-corrected chi connectivity index (χ3v) is 3.55. The molecule has 0 fully saturated rings. The molecule has 0 amide bonds. The Labute approximate surface area is 112 Å². The molecule has 0 spiro atoms. The molecule has 18 heavy (non-hydrogen) atoms. The summed E-state index contributed by atoms with van der Waals surface area (Å²) < 4.78 is 0. The van der Waals surface area contributed by atoms with Crippen LogP contribution < -0.4 is 4.90 Å². The molecule has 4 heteroatoms. The van der Waals surface area contributed by atoms with Crippen LogP contribution in [0.3, 0.4) is 0 Å². The van der Waals surface area contributed by atoms with Gasteiger partial charge >= 0.3 is 0 Å². The number of rotatable bonds is 6.